The van der Waals surface area contributed by atoms with Crippen LogP contribution in [0.5, 0.6) is 5.75 Å². The maximum Gasteiger partial charge on any atom is 0.119 e. The molecular weight excluding hydrogens is 198 g/mol. The zero-order valence-corrected chi connectivity index (χ0v) is 10.2. The second-order valence-corrected chi connectivity index (χ2v) is 5.02. The van der Waals surface area contributed by atoms with Gasteiger partial charge in [0.15, 0.2) is 0 Å². The molecule has 2 heteroatoms. The predicted octanol–water partition coefficient (Wildman–Crippen LogP) is 2.98. The summed E-state index contributed by atoms with van der Waals surface area (Å²) in [5.74, 6) is 1.43. The van der Waals surface area contributed by atoms with Crippen LogP contribution in [0.3, 0.4) is 0 Å². The molecular formula is C14H21NO. The molecule has 2 rings (SSSR count). The Hall–Kier alpha value is -1.02. The van der Waals surface area contributed by atoms with Crippen LogP contribution >= 0.6 is 0 Å². The second-order valence-electron chi connectivity index (χ2n) is 5.02. The second kappa shape index (κ2) is 4.88. The van der Waals surface area contributed by atoms with Crippen molar-refractivity contribution in [3.05, 3.63) is 29.3 Å². The summed E-state index contributed by atoms with van der Waals surface area (Å²) in [7, 11) is 0. The Morgan fingerprint density at radius 1 is 1.38 bits per heavy atom. The number of nitrogens with one attached hydrogen (secondary N) is 1. The lowest BCUT2D eigenvalue weighted by molar-refractivity contribution is 0.425. The van der Waals surface area contributed by atoms with Crippen molar-refractivity contribution in [1.82, 2.24) is 5.32 Å². The third-order valence-corrected chi connectivity index (χ3v) is 3.46. The van der Waals surface area contributed by atoms with Gasteiger partial charge in [0.25, 0.3) is 0 Å². The zero-order chi connectivity index (χ0) is 11.5. The van der Waals surface area contributed by atoms with E-state index in [2.05, 4.69) is 31.3 Å². The summed E-state index contributed by atoms with van der Waals surface area (Å²) in [4.78, 5) is 0. The van der Waals surface area contributed by atoms with Crippen LogP contribution in [-0.4, -0.2) is 18.2 Å². The van der Waals surface area contributed by atoms with Crippen LogP contribution in [0, 0.1) is 0 Å². The van der Waals surface area contributed by atoms with Gasteiger partial charge in [-0.2, -0.15) is 0 Å². The Morgan fingerprint density at radius 2 is 2.19 bits per heavy atom. The smallest absolute Gasteiger partial charge is 0.119 e. The van der Waals surface area contributed by atoms with Crippen molar-refractivity contribution in [2.75, 3.05) is 13.1 Å². The normalized spacial score (nSPS) is 21.3. The average Bonchev–Trinajstić information content (AvgIpc) is 2.30. The molecule has 1 unspecified atom stereocenters. The van der Waals surface area contributed by atoms with Crippen molar-refractivity contribution in [2.24, 2.45) is 0 Å². The average molecular weight is 219 g/mol. The molecule has 1 aromatic carbocycles. The highest BCUT2D eigenvalue weighted by molar-refractivity contribution is 5.40. The third kappa shape index (κ3) is 2.38. The van der Waals surface area contributed by atoms with E-state index in [1.807, 2.05) is 6.07 Å². The first-order chi connectivity index (χ1) is 7.68. The van der Waals surface area contributed by atoms with Crippen LogP contribution in [0.25, 0.3) is 0 Å². The molecule has 1 heterocycles. The maximum atomic E-state index is 10.1. The van der Waals surface area contributed by atoms with Crippen molar-refractivity contribution in [1.29, 1.82) is 0 Å². The van der Waals surface area contributed by atoms with Crippen molar-refractivity contribution in [3.63, 3.8) is 0 Å². The molecule has 2 nitrogen and oxygen atoms in total. The standard InChI is InChI=1S/C14H21NO/c1-10(2)11-5-6-13(14(16)8-11)12-4-3-7-15-9-12/h5-6,8,10,12,15-16H,3-4,7,9H2,1-2H3. The number of aromatic hydroxyl groups is 1. The zero-order valence-electron chi connectivity index (χ0n) is 10.2. The van der Waals surface area contributed by atoms with Crippen molar-refractivity contribution in [3.8, 4) is 5.75 Å². The Balaban J connectivity index is 2.21. The minimum absolute atomic E-state index is 0.472. The summed E-state index contributed by atoms with van der Waals surface area (Å²) in [6.45, 7) is 6.41. The fourth-order valence-corrected chi connectivity index (χ4v) is 2.38. The van der Waals surface area contributed by atoms with Gasteiger partial charge in [0.05, 0.1) is 0 Å². The van der Waals surface area contributed by atoms with Gasteiger partial charge >= 0.3 is 0 Å². The van der Waals surface area contributed by atoms with Gasteiger partial charge in [0.1, 0.15) is 5.75 Å². The Labute approximate surface area is 97.7 Å². The fourth-order valence-electron chi connectivity index (χ4n) is 2.38. The number of benzene rings is 1. The number of hydrogen-bond donors (Lipinski definition) is 2. The first-order valence-corrected chi connectivity index (χ1v) is 6.22. The van der Waals surface area contributed by atoms with E-state index < -0.39 is 0 Å². The van der Waals surface area contributed by atoms with Crippen LogP contribution in [0.2, 0.25) is 0 Å². The van der Waals surface area contributed by atoms with Gasteiger partial charge in [-0.15, -0.1) is 0 Å². The molecule has 0 aromatic heterocycles. The highest BCUT2D eigenvalue weighted by Gasteiger charge is 2.18. The first-order valence-electron chi connectivity index (χ1n) is 6.22. The van der Waals surface area contributed by atoms with E-state index in [9.17, 15) is 5.11 Å². The number of piperidine rings is 1. The largest absolute Gasteiger partial charge is 0.508 e. The van der Waals surface area contributed by atoms with Gasteiger partial charge in [0.2, 0.25) is 0 Å². The number of phenolic OH excluding ortho intramolecular Hbond substituents is 1. The van der Waals surface area contributed by atoms with Crippen LogP contribution in [-0.2, 0) is 0 Å². The van der Waals surface area contributed by atoms with E-state index in [1.54, 1.807) is 0 Å². The van der Waals surface area contributed by atoms with Gasteiger partial charge < -0.3 is 10.4 Å². The Morgan fingerprint density at radius 3 is 2.75 bits per heavy atom. The minimum Gasteiger partial charge on any atom is -0.508 e. The maximum absolute atomic E-state index is 10.1. The van der Waals surface area contributed by atoms with E-state index in [0.717, 1.165) is 18.7 Å². The fraction of sp³-hybridized carbons (Fsp3) is 0.571. The molecule has 1 fully saturated rings. The SMILES string of the molecule is CC(C)c1ccc(C2CCCNC2)c(O)c1. The molecule has 0 bridgehead atoms. The van der Waals surface area contributed by atoms with Gasteiger partial charge in [-0.05, 0) is 42.5 Å². The summed E-state index contributed by atoms with van der Waals surface area (Å²) < 4.78 is 0. The minimum atomic E-state index is 0.472. The van der Waals surface area contributed by atoms with E-state index in [1.165, 1.54) is 18.4 Å². The quantitative estimate of drug-likeness (QED) is 0.801. The molecule has 0 amide bonds. The van der Waals surface area contributed by atoms with Crippen LogP contribution in [0.4, 0.5) is 0 Å². The van der Waals surface area contributed by atoms with Gasteiger partial charge in [0, 0.05) is 12.5 Å². The van der Waals surface area contributed by atoms with Crippen molar-refractivity contribution >= 4 is 0 Å². The molecule has 88 valence electrons. The number of phenols is 1. The summed E-state index contributed by atoms with van der Waals surface area (Å²) >= 11 is 0. The Bertz CT molecular complexity index is 354. The molecule has 0 aliphatic carbocycles. The highest BCUT2D eigenvalue weighted by atomic mass is 16.3. The molecule has 0 spiro atoms. The van der Waals surface area contributed by atoms with E-state index >= 15 is 0 Å². The lowest BCUT2D eigenvalue weighted by atomic mass is 9.89. The monoisotopic (exact) mass is 219 g/mol. The first kappa shape index (κ1) is 11.5. The number of hydrogen-bond acceptors (Lipinski definition) is 2. The molecule has 0 saturated carbocycles. The van der Waals surface area contributed by atoms with Crippen molar-refractivity contribution in [2.45, 2.75) is 38.5 Å². The molecule has 16 heavy (non-hydrogen) atoms. The molecule has 2 N–H and O–H groups in total. The van der Waals surface area contributed by atoms with Gasteiger partial charge in [-0.3, -0.25) is 0 Å². The van der Waals surface area contributed by atoms with Crippen LogP contribution in [0.15, 0.2) is 18.2 Å². The molecule has 0 radical (unpaired) electrons. The number of rotatable bonds is 2. The predicted molar refractivity (Wildman–Crippen MR) is 67.0 cm³/mol. The summed E-state index contributed by atoms with van der Waals surface area (Å²) in [6.07, 6.45) is 2.39. The van der Waals surface area contributed by atoms with Crippen LogP contribution in [0.1, 0.15) is 49.7 Å². The van der Waals surface area contributed by atoms with Crippen LogP contribution < -0.4 is 5.32 Å². The van der Waals surface area contributed by atoms with E-state index in [-0.39, 0.29) is 0 Å². The lowest BCUT2D eigenvalue weighted by Gasteiger charge is -2.24. The Kier molecular flexibility index (Phi) is 3.49. The molecule has 1 aliphatic heterocycles. The summed E-state index contributed by atoms with van der Waals surface area (Å²) in [5.41, 5.74) is 2.32. The van der Waals surface area contributed by atoms with E-state index in [4.69, 9.17) is 0 Å². The van der Waals surface area contributed by atoms with E-state index in [0.29, 0.717) is 17.6 Å². The molecule has 1 saturated heterocycles. The lowest BCUT2D eigenvalue weighted by Crippen LogP contribution is -2.28. The van der Waals surface area contributed by atoms with Gasteiger partial charge in [-0.1, -0.05) is 26.0 Å². The van der Waals surface area contributed by atoms with Gasteiger partial charge in [-0.25, -0.2) is 0 Å². The third-order valence-electron chi connectivity index (χ3n) is 3.46. The molecule has 1 aliphatic rings. The van der Waals surface area contributed by atoms with Crippen molar-refractivity contribution < 1.29 is 5.11 Å². The molecule has 1 atom stereocenters. The topological polar surface area (TPSA) is 32.3 Å². The molecule has 1 aromatic rings. The summed E-state index contributed by atoms with van der Waals surface area (Å²) in [5, 5.41) is 13.5. The highest BCUT2D eigenvalue weighted by Crippen LogP contribution is 2.32. The summed E-state index contributed by atoms with van der Waals surface area (Å²) in [6, 6.07) is 6.17.